The van der Waals surface area contributed by atoms with Crippen LogP contribution in [0.3, 0.4) is 0 Å². The fraction of sp³-hybridized carbons (Fsp3) is 0.226. The highest BCUT2D eigenvalue weighted by atomic mass is 32.1. The monoisotopic (exact) mass is 476 g/mol. The van der Waals surface area contributed by atoms with Gasteiger partial charge in [0.15, 0.2) is 0 Å². The van der Waals surface area contributed by atoms with Gasteiger partial charge >= 0.3 is 0 Å². The van der Waals surface area contributed by atoms with Gasteiger partial charge in [-0.1, -0.05) is 63.2 Å². The lowest BCUT2D eigenvalue weighted by Crippen LogP contribution is -2.12. The highest BCUT2D eigenvalue weighted by Gasteiger charge is 2.24. The van der Waals surface area contributed by atoms with Crippen molar-refractivity contribution in [2.45, 2.75) is 47.0 Å². The van der Waals surface area contributed by atoms with Gasteiger partial charge in [0.2, 0.25) is 0 Å². The van der Waals surface area contributed by atoms with Crippen molar-refractivity contribution in [2.24, 2.45) is 0 Å². The van der Waals surface area contributed by atoms with E-state index in [1.165, 1.54) is 37.5 Å². The van der Waals surface area contributed by atoms with Gasteiger partial charge in [0.25, 0.3) is 0 Å². The quantitative estimate of drug-likeness (QED) is 0.250. The lowest BCUT2D eigenvalue weighted by atomic mass is 9.82. The molecule has 3 nitrogen and oxygen atoms in total. The maximum Gasteiger partial charge on any atom is 0.148 e. The lowest BCUT2D eigenvalue weighted by molar-refractivity contribution is 0.596. The normalized spacial score (nSPS) is 12.3. The Kier molecular flexibility index (Phi) is 4.87. The molecule has 3 aromatic heterocycles. The summed E-state index contributed by atoms with van der Waals surface area (Å²) in [6, 6.07) is 21.4. The summed E-state index contributed by atoms with van der Waals surface area (Å²) in [5, 5.41) is 14.2. The Hall–Kier alpha value is -3.50. The first-order chi connectivity index (χ1) is 16.7. The zero-order valence-corrected chi connectivity index (χ0v) is 21.8. The molecule has 0 atom stereocenters. The number of para-hydroxylation sites is 1. The van der Waals surface area contributed by atoms with E-state index in [2.05, 4.69) is 95.2 Å². The molecule has 6 rings (SSSR count). The number of fused-ring (bicyclic) bond motifs is 3. The second-order valence-electron chi connectivity index (χ2n) is 10.4. The van der Waals surface area contributed by atoms with E-state index in [1.54, 1.807) is 11.3 Å². The van der Waals surface area contributed by atoms with Gasteiger partial charge < -0.3 is 4.42 Å². The van der Waals surface area contributed by atoms with Crippen LogP contribution in [-0.2, 0) is 5.41 Å². The Bertz CT molecular complexity index is 1760. The van der Waals surface area contributed by atoms with Crippen molar-refractivity contribution in [1.82, 2.24) is 10.2 Å². The van der Waals surface area contributed by atoms with E-state index in [4.69, 9.17) is 9.52 Å². The van der Waals surface area contributed by atoms with Crippen LogP contribution < -0.4 is 0 Å². The van der Waals surface area contributed by atoms with E-state index in [0.717, 1.165) is 38.6 Å². The molecule has 0 N–H and O–H groups in total. The molecule has 0 saturated heterocycles. The van der Waals surface area contributed by atoms with Crippen LogP contribution in [0.5, 0.6) is 0 Å². The number of nitrogens with zero attached hydrogens (tertiary/aromatic N) is 2. The molecule has 0 aliphatic rings. The van der Waals surface area contributed by atoms with Crippen LogP contribution in [0.25, 0.3) is 53.7 Å². The van der Waals surface area contributed by atoms with Crippen LogP contribution in [0.1, 0.15) is 43.2 Å². The highest BCUT2D eigenvalue weighted by Crippen LogP contribution is 2.46. The summed E-state index contributed by atoms with van der Waals surface area (Å²) >= 11 is 1.76. The molecular formula is C31H28N2OS. The van der Waals surface area contributed by atoms with Crippen LogP contribution in [0.2, 0.25) is 0 Å². The van der Waals surface area contributed by atoms with Crippen molar-refractivity contribution < 1.29 is 4.42 Å². The molecule has 0 aliphatic carbocycles. The third kappa shape index (κ3) is 3.39. The second-order valence-corrected chi connectivity index (χ2v) is 11.5. The summed E-state index contributed by atoms with van der Waals surface area (Å²) in [6.45, 7) is 13.2. The topological polar surface area (TPSA) is 38.9 Å². The second kappa shape index (κ2) is 7.76. The number of hydrogen-bond acceptors (Lipinski definition) is 4. The van der Waals surface area contributed by atoms with Gasteiger partial charge in [-0.15, -0.1) is 16.4 Å². The Morgan fingerprint density at radius 2 is 1.51 bits per heavy atom. The summed E-state index contributed by atoms with van der Waals surface area (Å²) in [6.07, 6.45) is 0. The largest absolute Gasteiger partial charge is 0.455 e. The number of hydrogen-bond donors (Lipinski definition) is 0. The Labute approximate surface area is 209 Å². The SMILES string of the molecule is Cc1c(-c2sc3c(-c4cc(C(C)(C)C)c5ccccc5c4)nnc(C)c3c2C)oc2ccccc12. The predicted molar refractivity (Wildman–Crippen MR) is 148 cm³/mol. The number of benzene rings is 3. The molecule has 35 heavy (non-hydrogen) atoms. The summed E-state index contributed by atoms with van der Waals surface area (Å²) in [5.41, 5.74) is 7.64. The Morgan fingerprint density at radius 1 is 0.800 bits per heavy atom. The van der Waals surface area contributed by atoms with Crippen LogP contribution in [0.15, 0.2) is 65.1 Å². The molecular weight excluding hydrogens is 448 g/mol. The minimum Gasteiger partial charge on any atom is -0.455 e. The molecule has 0 saturated carbocycles. The van der Waals surface area contributed by atoms with Crippen LogP contribution in [0.4, 0.5) is 0 Å². The van der Waals surface area contributed by atoms with Crippen molar-refractivity contribution in [1.29, 1.82) is 0 Å². The van der Waals surface area contributed by atoms with Gasteiger partial charge in [0.1, 0.15) is 17.0 Å². The summed E-state index contributed by atoms with van der Waals surface area (Å²) in [7, 11) is 0. The first-order valence-corrected chi connectivity index (χ1v) is 12.8. The molecule has 0 fully saturated rings. The average Bonchev–Trinajstić information content (AvgIpc) is 3.35. The van der Waals surface area contributed by atoms with Crippen LogP contribution in [0, 0.1) is 20.8 Å². The average molecular weight is 477 g/mol. The molecule has 4 heteroatoms. The van der Waals surface area contributed by atoms with Crippen molar-refractivity contribution in [3.8, 4) is 21.9 Å². The number of aromatic nitrogens is 2. The number of rotatable bonds is 2. The van der Waals surface area contributed by atoms with Crippen molar-refractivity contribution in [3.05, 3.63) is 83.0 Å². The van der Waals surface area contributed by atoms with E-state index in [9.17, 15) is 0 Å². The molecule has 0 radical (unpaired) electrons. The third-order valence-electron chi connectivity index (χ3n) is 7.02. The molecule has 0 bridgehead atoms. The molecule has 0 amide bonds. The summed E-state index contributed by atoms with van der Waals surface area (Å²) < 4.78 is 7.54. The van der Waals surface area contributed by atoms with Gasteiger partial charge in [0, 0.05) is 21.9 Å². The van der Waals surface area contributed by atoms with Gasteiger partial charge in [-0.25, -0.2) is 0 Å². The van der Waals surface area contributed by atoms with Gasteiger partial charge in [-0.2, -0.15) is 5.10 Å². The van der Waals surface area contributed by atoms with Crippen LogP contribution in [-0.4, -0.2) is 10.2 Å². The minimum atomic E-state index is 0.00870. The molecule has 3 heterocycles. The number of aryl methyl sites for hydroxylation is 3. The molecule has 0 unspecified atom stereocenters. The standard InChI is InChI=1S/C31H28N2OS/c1-17-22-12-9-10-14-25(22)34-28(17)29-18(2)26-19(3)32-33-27(30(26)35-29)21-15-20-11-7-8-13-23(20)24(16-21)31(4,5)6/h7-16H,1-6H3. The zero-order valence-electron chi connectivity index (χ0n) is 21.0. The maximum atomic E-state index is 6.37. The van der Waals surface area contributed by atoms with Crippen molar-refractivity contribution >= 4 is 43.2 Å². The van der Waals surface area contributed by atoms with E-state index in [-0.39, 0.29) is 5.41 Å². The Morgan fingerprint density at radius 3 is 2.26 bits per heavy atom. The fourth-order valence-corrected chi connectivity index (χ4v) is 6.61. The molecule has 174 valence electrons. The molecule has 0 spiro atoms. The van der Waals surface area contributed by atoms with E-state index in [1.807, 2.05) is 12.1 Å². The molecule has 3 aromatic carbocycles. The van der Waals surface area contributed by atoms with Crippen LogP contribution >= 0.6 is 11.3 Å². The smallest absolute Gasteiger partial charge is 0.148 e. The lowest BCUT2D eigenvalue weighted by Gasteiger charge is -2.22. The van der Waals surface area contributed by atoms with Crippen molar-refractivity contribution in [2.75, 3.05) is 0 Å². The van der Waals surface area contributed by atoms with E-state index < -0.39 is 0 Å². The summed E-state index contributed by atoms with van der Waals surface area (Å²) in [4.78, 5) is 1.16. The van der Waals surface area contributed by atoms with E-state index >= 15 is 0 Å². The van der Waals surface area contributed by atoms with E-state index in [0.29, 0.717) is 0 Å². The van der Waals surface area contributed by atoms with Crippen molar-refractivity contribution in [3.63, 3.8) is 0 Å². The predicted octanol–water partition coefficient (Wildman–Crippen LogP) is 9.15. The first-order valence-electron chi connectivity index (χ1n) is 12.0. The Balaban J connectivity index is 1.65. The molecule has 6 aromatic rings. The zero-order chi connectivity index (χ0) is 24.5. The fourth-order valence-electron chi connectivity index (χ4n) is 5.20. The minimum absolute atomic E-state index is 0.00870. The number of thiophene rings is 1. The van der Waals surface area contributed by atoms with Gasteiger partial charge in [0.05, 0.1) is 15.3 Å². The summed E-state index contributed by atoms with van der Waals surface area (Å²) in [5.74, 6) is 0.948. The first kappa shape index (κ1) is 22.0. The number of furan rings is 1. The molecule has 0 aliphatic heterocycles. The third-order valence-corrected chi connectivity index (χ3v) is 8.31. The van der Waals surface area contributed by atoms with Gasteiger partial charge in [-0.3, -0.25) is 0 Å². The maximum absolute atomic E-state index is 6.37. The highest BCUT2D eigenvalue weighted by molar-refractivity contribution is 7.23. The van der Waals surface area contributed by atoms with Gasteiger partial charge in [-0.05, 0) is 66.3 Å².